The molecule has 134 valence electrons. The van der Waals surface area contributed by atoms with Gasteiger partial charge >= 0.3 is 0 Å². The number of fused-ring (bicyclic) bond motifs is 1. The maximum Gasteiger partial charge on any atom is 0.228 e. The first kappa shape index (κ1) is 16.8. The molecule has 1 amide bonds. The largest absolute Gasteiger partial charge is 0.388 e. The Morgan fingerprint density at radius 3 is 2.81 bits per heavy atom. The number of nitrogens with zero attached hydrogens (tertiary/aromatic N) is 2. The molecule has 3 aromatic rings. The summed E-state index contributed by atoms with van der Waals surface area (Å²) in [6, 6.07) is 17.6. The number of carbonyl (C=O) groups excluding carboxylic acids is 1. The number of aromatic nitrogens is 2. The SMILES string of the molecule is O=C(Cc1[nH]nc2ccccc12)N1CCC[C@H]1C[C@H](O)c1ccccc1. The highest BCUT2D eigenvalue weighted by Gasteiger charge is 2.31. The Kier molecular flexibility index (Phi) is 4.71. The summed E-state index contributed by atoms with van der Waals surface area (Å²) in [5.41, 5.74) is 2.65. The summed E-state index contributed by atoms with van der Waals surface area (Å²) in [5, 5.41) is 18.8. The first-order chi connectivity index (χ1) is 12.7. The Morgan fingerprint density at radius 2 is 1.96 bits per heavy atom. The number of benzene rings is 2. The van der Waals surface area contributed by atoms with Gasteiger partial charge in [0.05, 0.1) is 23.7 Å². The summed E-state index contributed by atoms with van der Waals surface area (Å²) in [6.07, 6.45) is 2.29. The third kappa shape index (κ3) is 3.35. The van der Waals surface area contributed by atoms with Crippen molar-refractivity contribution >= 4 is 16.8 Å². The van der Waals surface area contributed by atoms with Gasteiger partial charge in [0.15, 0.2) is 0 Å². The van der Waals surface area contributed by atoms with E-state index in [1.165, 1.54) is 0 Å². The van der Waals surface area contributed by atoms with Gasteiger partial charge in [-0.2, -0.15) is 5.10 Å². The van der Waals surface area contributed by atoms with Gasteiger partial charge < -0.3 is 10.0 Å². The van der Waals surface area contributed by atoms with Gasteiger partial charge in [0, 0.05) is 18.0 Å². The Morgan fingerprint density at radius 1 is 1.19 bits per heavy atom. The predicted molar refractivity (Wildman–Crippen MR) is 101 cm³/mol. The maximum absolute atomic E-state index is 12.9. The quantitative estimate of drug-likeness (QED) is 0.743. The number of H-pyrrole nitrogens is 1. The van der Waals surface area contributed by atoms with Gasteiger partial charge in [-0.3, -0.25) is 9.89 Å². The van der Waals surface area contributed by atoms with Crippen molar-refractivity contribution in [1.29, 1.82) is 0 Å². The minimum Gasteiger partial charge on any atom is -0.388 e. The summed E-state index contributed by atoms with van der Waals surface area (Å²) in [5.74, 6) is 0.0992. The number of amides is 1. The molecule has 1 aliphatic heterocycles. The van der Waals surface area contributed by atoms with E-state index < -0.39 is 6.10 Å². The van der Waals surface area contributed by atoms with Crippen molar-refractivity contribution in [2.75, 3.05) is 6.54 Å². The molecule has 2 atom stereocenters. The first-order valence-electron chi connectivity index (χ1n) is 9.17. The zero-order valence-corrected chi connectivity index (χ0v) is 14.6. The van der Waals surface area contributed by atoms with Crippen LogP contribution in [0.4, 0.5) is 0 Å². The molecule has 4 rings (SSSR count). The normalized spacial score (nSPS) is 18.3. The molecule has 1 aliphatic rings. The van der Waals surface area contributed by atoms with Crippen LogP contribution in [0.1, 0.15) is 36.6 Å². The monoisotopic (exact) mass is 349 g/mol. The molecule has 1 fully saturated rings. The first-order valence-corrected chi connectivity index (χ1v) is 9.17. The lowest BCUT2D eigenvalue weighted by Crippen LogP contribution is -2.37. The highest BCUT2D eigenvalue weighted by Crippen LogP contribution is 2.28. The molecule has 1 aromatic heterocycles. The van der Waals surface area contributed by atoms with E-state index in [1.807, 2.05) is 59.5 Å². The van der Waals surface area contributed by atoms with Crippen LogP contribution >= 0.6 is 0 Å². The van der Waals surface area contributed by atoms with Crippen molar-refractivity contribution in [3.63, 3.8) is 0 Å². The van der Waals surface area contributed by atoms with Crippen LogP contribution in [0.3, 0.4) is 0 Å². The standard InChI is InChI=1S/C21H23N3O2/c25-20(15-7-2-1-3-8-15)13-16-9-6-12-24(16)21(26)14-19-17-10-4-5-11-18(17)22-23-19/h1-5,7-8,10-11,16,20,25H,6,9,12-14H2,(H,22,23)/t16-,20-/m0/s1. The molecule has 26 heavy (non-hydrogen) atoms. The average Bonchev–Trinajstić information content (AvgIpc) is 3.30. The van der Waals surface area contributed by atoms with Crippen LogP contribution < -0.4 is 0 Å². The number of aromatic amines is 1. The number of likely N-dealkylation sites (tertiary alicyclic amines) is 1. The van der Waals surface area contributed by atoms with Gasteiger partial charge in [-0.25, -0.2) is 0 Å². The third-order valence-electron chi connectivity index (χ3n) is 5.25. The second-order valence-electron chi connectivity index (χ2n) is 6.94. The van der Waals surface area contributed by atoms with Gasteiger partial charge in [-0.15, -0.1) is 0 Å². The van der Waals surface area contributed by atoms with E-state index in [1.54, 1.807) is 0 Å². The van der Waals surface area contributed by atoms with Crippen molar-refractivity contribution in [3.8, 4) is 0 Å². The number of hydrogen-bond donors (Lipinski definition) is 2. The van der Waals surface area contributed by atoms with E-state index >= 15 is 0 Å². The minimum absolute atomic E-state index is 0.0897. The topological polar surface area (TPSA) is 69.2 Å². The summed E-state index contributed by atoms with van der Waals surface area (Å²) in [7, 11) is 0. The predicted octanol–water partition coefficient (Wildman–Crippen LogP) is 3.22. The van der Waals surface area contributed by atoms with Crippen LogP contribution in [0.25, 0.3) is 10.9 Å². The Hall–Kier alpha value is -2.66. The zero-order valence-electron chi connectivity index (χ0n) is 14.6. The van der Waals surface area contributed by atoms with Gasteiger partial charge in [0.25, 0.3) is 0 Å². The maximum atomic E-state index is 12.9. The third-order valence-corrected chi connectivity index (χ3v) is 5.25. The van der Waals surface area contributed by atoms with Gasteiger partial charge in [0.1, 0.15) is 0 Å². The van der Waals surface area contributed by atoms with Crippen molar-refractivity contribution < 1.29 is 9.90 Å². The Labute approximate surface area is 152 Å². The lowest BCUT2D eigenvalue weighted by molar-refractivity contribution is -0.131. The number of nitrogens with one attached hydrogen (secondary N) is 1. The van der Waals surface area contributed by atoms with Crippen LogP contribution in [-0.4, -0.2) is 38.7 Å². The molecular weight excluding hydrogens is 326 g/mol. The number of aliphatic hydroxyl groups is 1. The molecule has 0 radical (unpaired) electrons. The second kappa shape index (κ2) is 7.30. The lowest BCUT2D eigenvalue weighted by atomic mass is 10.0. The van der Waals surface area contributed by atoms with Gasteiger partial charge in [-0.05, 0) is 30.9 Å². The van der Waals surface area contributed by atoms with Crippen LogP contribution in [-0.2, 0) is 11.2 Å². The summed E-state index contributed by atoms with van der Waals surface area (Å²) in [4.78, 5) is 14.8. The van der Waals surface area contributed by atoms with Gasteiger partial charge in [-0.1, -0.05) is 48.5 Å². The Bertz CT molecular complexity index is 890. The number of carbonyl (C=O) groups is 1. The van der Waals surface area contributed by atoms with Crippen LogP contribution in [0.5, 0.6) is 0 Å². The highest BCUT2D eigenvalue weighted by molar-refractivity contribution is 5.87. The van der Waals surface area contributed by atoms with Crippen LogP contribution in [0.15, 0.2) is 54.6 Å². The minimum atomic E-state index is -0.539. The van der Waals surface area contributed by atoms with Crippen molar-refractivity contribution in [2.45, 2.75) is 37.8 Å². The number of aliphatic hydroxyl groups excluding tert-OH is 1. The molecule has 2 aromatic carbocycles. The molecule has 0 saturated carbocycles. The number of para-hydroxylation sites is 1. The molecule has 0 aliphatic carbocycles. The molecular formula is C21H23N3O2. The summed E-state index contributed by atoms with van der Waals surface area (Å²) < 4.78 is 0. The van der Waals surface area contributed by atoms with E-state index in [0.29, 0.717) is 12.8 Å². The molecule has 5 heteroatoms. The fourth-order valence-electron chi connectivity index (χ4n) is 3.88. The number of rotatable bonds is 5. The summed E-state index contributed by atoms with van der Waals surface area (Å²) >= 11 is 0. The highest BCUT2D eigenvalue weighted by atomic mass is 16.3. The number of hydrogen-bond acceptors (Lipinski definition) is 3. The molecule has 1 saturated heterocycles. The second-order valence-corrected chi connectivity index (χ2v) is 6.94. The zero-order chi connectivity index (χ0) is 17.9. The lowest BCUT2D eigenvalue weighted by Gasteiger charge is -2.26. The van der Waals surface area contributed by atoms with E-state index in [0.717, 1.165) is 41.5 Å². The molecule has 0 unspecified atom stereocenters. The Balaban J connectivity index is 1.45. The molecule has 2 N–H and O–H groups in total. The van der Waals surface area contributed by atoms with Crippen molar-refractivity contribution in [3.05, 3.63) is 65.9 Å². The van der Waals surface area contributed by atoms with Crippen LogP contribution in [0, 0.1) is 0 Å². The average molecular weight is 349 g/mol. The van der Waals surface area contributed by atoms with E-state index in [2.05, 4.69) is 10.2 Å². The molecule has 2 heterocycles. The van der Waals surface area contributed by atoms with Gasteiger partial charge in [0.2, 0.25) is 5.91 Å². The molecule has 0 spiro atoms. The van der Waals surface area contributed by atoms with E-state index in [4.69, 9.17) is 0 Å². The summed E-state index contributed by atoms with van der Waals surface area (Å²) in [6.45, 7) is 0.761. The van der Waals surface area contributed by atoms with E-state index in [-0.39, 0.29) is 11.9 Å². The molecule has 0 bridgehead atoms. The fraction of sp³-hybridized carbons (Fsp3) is 0.333. The van der Waals surface area contributed by atoms with Crippen LogP contribution in [0.2, 0.25) is 0 Å². The smallest absolute Gasteiger partial charge is 0.228 e. The van der Waals surface area contributed by atoms with Crippen molar-refractivity contribution in [1.82, 2.24) is 15.1 Å². The van der Waals surface area contributed by atoms with E-state index in [9.17, 15) is 9.90 Å². The fourth-order valence-corrected chi connectivity index (χ4v) is 3.88. The molecule has 5 nitrogen and oxygen atoms in total. The van der Waals surface area contributed by atoms with Crippen molar-refractivity contribution in [2.24, 2.45) is 0 Å².